The Morgan fingerprint density at radius 3 is 2.41 bits per heavy atom. The SMILES string of the molecule is CC.Cc1ncccc1Oc1nccc(NCc2ccccc2S)n1.O.O. The molecule has 2 aromatic heterocycles. The van der Waals surface area contributed by atoms with Crippen molar-refractivity contribution in [3.05, 3.63) is 66.1 Å². The summed E-state index contributed by atoms with van der Waals surface area (Å²) in [5.74, 6) is 1.33. The van der Waals surface area contributed by atoms with Gasteiger partial charge in [-0.2, -0.15) is 4.98 Å². The molecule has 3 aromatic rings. The van der Waals surface area contributed by atoms with Crippen LogP contribution in [0.2, 0.25) is 0 Å². The molecule has 0 saturated heterocycles. The van der Waals surface area contributed by atoms with Crippen LogP contribution in [0.4, 0.5) is 5.82 Å². The lowest BCUT2D eigenvalue weighted by Gasteiger charge is -2.09. The number of anilines is 1. The van der Waals surface area contributed by atoms with Gasteiger partial charge in [-0.3, -0.25) is 4.98 Å². The Balaban J connectivity index is 0.00000164. The second-order valence-electron chi connectivity index (χ2n) is 4.90. The van der Waals surface area contributed by atoms with Gasteiger partial charge in [0.05, 0.1) is 5.69 Å². The molecule has 0 atom stereocenters. The molecule has 0 fully saturated rings. The van der Waals surface area contributed by atoms with Crippen molar-refractivity contribution in [2.24, 2.45) is 0 Å². The fraction of sp³-hybridized carbons (Fsp3) is 0.211. The van der Waals surface area contributed by atoms with Crippen LogP contribution in [0.25, 0.3) is 0 Å². The lowest BCUT2D eigenvalue weighted by atomic mass is 10.2. The lowest BCUT2D eigenvalue weighted by Crippen LogP contribution is -2.03. The highest BCUT2D eigenvalue weighted by atomic mass is 32.1. The Kier molecular flexibility index (Phi) is 11.4. The minimum absolute atomic E-state index is 0. The standard InChI is InChI=1S/C17H16N4OS.C2H6.2H2O/c1-12-14(6-4-9-18-12)22-17-19-10-8-16(21-17)20-11-13-5-2-3-7-15(13)23;1-2;;/h2-10,23H,11H2,1H3,(H,19,20,21);1-2H3;2*1H2. The molecule has 8 heteroatoms. The van der Waals surface area contributed by atoms with E-state index in [2.05, 4.69) is 32.9 Å². The molecule has 0 radical (unpaired) electrons. The van der Waals surface area contributed by atoms with Gasteiger partial charge in [0.25, 0.3) is 0 Å². The van der Waals surface area contributed by atoms with E-state index < -0.39 is 0 Å². The third-order valence-corrected chi connectivity index (χ3v) is 3.68. The minimum atomic E-state index is 0. The summed E-state index contributed by atoms with van der Waals surface area (Å²) in [4.78, 5) is 13.6. The van der Waals surface area contributed by atoms with Gasteiger partial charge in [0.15, 0.2) is 5.75 Å². The largest absolute Gasteiger partial charge is 0.422 e. The average molecular weight is 391 g/mol. The van der Waals surface area contributed by atoms with Crippen molar-refractivity contribution in [2.45, 2.75) is 32.2 Å². The van der Waals surface area contributed by atoms with Crippen molar-refractivity contribution in [3.63, 3.8) is 0 Å². The van der Waals surface area contributed by atoms with Crippen molar-refractivity contribution >= 4 is 18.4 Å². The number of hydrogen-bond donors (Lipinski definition) is 2. The lowest BCUT2D eigenvalue weighted by molar-refractivity contribution is 0.437. The minimum Gasteiger partial charge on any atom is -0.422 e. The van der Waals surface area contributed by atoms with E-state index in [0.29, 0.717) is 18.1 Å². The second-order valence-corrected chi connectivity index (χ2v) is 5.38. The van der Waals surface area contributed by atoms with Crippen LogP contribution in [0, 0.1) is 6.92 Å². The number of rotatable bonds is 5. The molecule has 3 rings (SSSR count). The summed E-state index contributed by atoms with van der Waals surface area (Å²) in [5, 5.41) is 3.25. The number of nitrogens with one attached hydrogen (secondary N) is 1. The van der Waals surface area contributed by atoms with Crippen molar-refractivity contribution in [2.75, 3.05) is 5.32 Å². The number of benzene rings is 1. The van der Waals surface area contributed by atoms with Crippen LogP contribution >= 0.6 is 12.6 Å². The predicted octanol–water partition coefficient (Wildman–Crippen LogP) is 3.25. The summed E-state index contributed by atoms with van der Waals surface area (Å²) < 4.78 is 5.69. The number of nitrogens with zero attached hydrogens (tertiary/aromatic N) is 3. The molecular weight excluding hydrogens is 364 g/mol. The molecular formula is C19H26N4O3S. The van der Waals surface area contributed by atoms with Crippen LogP contribution in [-0.2, 0) is 6.54 Å². The van der Waals surface area contributed by atoms with Crippen molar-refractivity contribution in [1.29, 1.82) is 0 Å². The maximum atomic E-state index is 5.69. The zero-order chi connectivity index (χ0) is 18.1. The van der Waals surface area contributed by atoms with E-state index in [9.17, 15) is 0 Å². The highest BCUT2D eigenvalue weighted by Crippen LogP contribution is 2.21. The molecule has 146 valence electrons. The number of ether oxygens (including phenoxy) is 1. The molecule has 5 N–H and O–H groups in total. The Labute approximate surface area is 164 Å². The molecule has 0 aliphatic heterocycles. The van der Waals surface area contributed by atoms with Gasteiger partial charge in [-0.05, 0) is 36.8 Å². The van der Waals surface area contributed by atoms with Crippen molar-refractivity contribution in [3.8, 4) is 11.8 Å². The molecule has 0 amide bonds. The molecule has 7 nitrogen and oxygen atoms in total. The first kappa shape index (κ1) is 24.3. The van der Waals surface area contributed by atoms with Gasteiger partial charge in [-0.25, -0.2) is 4.98 Å². The number of hydrogen-bond acceptors (Lipinski definition) is 6. The summed E-state index contributed by atoms with van der Waals surface area (Å²) >= 11 is 4.44. The molecule has 0 spiro atoms. The zero-order valence-corrected chi connectivity index (χ0v) is 16.5. The van der Waals surface area contributed by atoms with Gasteiger partial charge >= 0.3 is 6.01 Å². The molecule has 0 aliphatic rings. The third-order valence-electron chi connectivity index (χ3n) is 3.24. The van der Waals surface area contributed by atoms with Crippen molar-refractivity contribution < 1.29 is 15.7 Å². The van der Waals surface area contributed by atoms with Gasteiger partial charge in [0, 0.05) is 23.8 Å². The van der Waals surface area contributed by atoms with Gasteiger partial charge in [0.2, 0.25) is 0 Å². The monoisotopic (exact) mass is 390 g/mol. The topological polar surface area (TPSA) is 123 Å². The summed E-state index contributed by atoms with van der Waals surface area (Å²) in [6, 6.07) is 13.6. The Hall–Kier alpha value is -2.68. The molecule has 27 heavy (non-hydrogen) atoms. The van der Waals surface area contributed by atoms with Crippen LogP contribution in [-0.4, -0.2) is 25.9 Å². The average Bonchev–Trinajstić information content (AvgIpc) is 2.65. The number of thiol groups is 1. The maximum absolute atomic E-state index is 5.69. The highest BCUT2D eigenvalue weighted by molar-refractivity contribution is 7.80. The van der Waals surface area contributed by atoms with Crippen LogP contribution < -0.4 is 10.1 Å². The van der Waals surface area contributed by atoms with E-state index in [1.807, 2.05) is 57.2 Å². The summed E-state index contributed by atoms with van der Waals surface area (Å²) in [5.41, 5.74) is 1.89. The fourth-order valence-corrected chi connectivity index (χ4v) is 2.25. The summed E-state index contributed by atoms with van der Waals surface area (Å²) in [6.45, 7) is 6.50. The Morgan fingerprint density at radius 2 is 1.70 bits per heavy atom. The molecule has 0 aliphatic carbocycles. The third kappa shape index (κ3) is 7.22. The van der Waals surface area contributed by atoms with E-state index in [0.717, 1.165) is 16.2 Å². The molecule has 0 unspecified atom stereocenters. The van der Waals surface area contributed by atoms with E-state index in [-0.39, 0.29) is 17.0 Å². The molecule has 0 bridgehead atoms. The van der Waals surface area contributed by atoms with Gasteiger partial charge < -0.3 is 21.0 Å². The van der Waals surface area contributed by atoms with Crippen LogP contribution in [0.3, 0.4) is 0 Å². The van der Waals surface area contributed by atoms with Crippen LogP contribution in [0.15, 0.2) is 59.8 Å². The fourth-order valence-electron chi connectivity index (χ4n) is 2.01. The molecule has 1 aromatic carbocycles. The van der Waals surface area contributed by atoms with Crippen molar-refractivity contribution in [1.82, 2.24) is 15.0 Å². The Bertz CT molecular complexity index is 818. The van der Waals surface area contributed by atoms with E-state index >= 15 is 0 Å². The highest BCUT2D eigenvalue weighted by Gasteiger charge is 2.05. The molecule has 0 saturated carbocycles. The normalized spacial score (nSPS) is 9.04. The second kappa shape index (κ2) is 12.6. The van der Waals surface area contributed by atoms with Crippen LogP contribution in [0.1, 0.15) is 25.1 Å². The summed E-state index contributed by atoms with van der Waals surface area (Å²) in [7, 11) is 0. The number of aryl methyl sites for hydroxylation is 1. The predicted molar refractivity (Wildman–Crippen MR) is 111 cm³/mol. The van der Waals surface area contributed by atoms with Crippen LogP contribution in [0.5, 0.6) is 11.8 Å². The summed E-state index contributed by atoms with van der Waals surface area (Å²) in [6.07, 6.45) is 3.37. The van der Waals surface area contributed by atoms with E-state index in [1.165, 1.54) is 0 Å². The van der Waals surface area contributed by atoms with E-state index in [1.54, 1.807) is 18.5 Å². The number of aromatic nitrogens is 3. The Morgan fingerprint density at radius 1 is 0.963 bits per heavy atom. The molecule has 2 heterocycles. The zero-order valence-electron chi connectivity index (χ0n) is 15.6. The van der Waals surface area contributed by atoms with Gasteiger partial charge in [-0.15, -0.1) is 12.6 Å². The quantitative estimate of drug-likeness (QED) is 0.647. The first-order valence-electron chi connectivity index (χ1n) is 8.15. The first-order chi connectivity index (χ1) is 12.2. The van der Waals surface area contributed by atoms with Gasteiger partial charge in [0.1, 0.15) is 5.82 Å². The van der Waals surface area contributed by atoms with Gasteiger partial charge in [-0.1, -0.05) is 32.0 Å². The first-order valence-corrected chi connectivity index (χ1v) is 8.60. The van der Waals surface area contributed by atoms with E-state index in [4.69, 9.17) is 4.74 Å². The number of pyridine rings is 1. The maximum Gasteiger partial charge on any atom is 0.323 e. The smallest absolute Gasteiger partial charge is 0.323 e.